The first-order valence-corrected chi connectivity index (χ1v) is 15.8. The first-order valence-electron chi connectivity index (χ1n) is 15.4. The molecule has 54 heavy (non-hydrogen) atoms. The van der Waals surface area contributed by atoms with Gasteiger partial charge in [0.2, 0.25) is 0 Å². The Morgan fingerprint density at radius 2 is 1.30 bits per heavy atom. The van der Waals surface area contributed by atoms with Crippen molar-refractivity contribution in [1.29, 1.82) is 0 Å². The number of benzene rings is 2. The summed E-state index contributed by atoms with van der Waals surface area (Å²) in [5.41, 5.74) is 7.10. The highest BCUT2D eigenvalue weighted by molar-refractivity contribution is 6.67. The van der Waals surface area contributed by atoms with Gasteiger partial charge in [-0.15, -0.1) is 0 Å². The molecule has 268 valence electrons. The summed E-state index contributed by atoms with van der Waals surface area (Å²) < 4.78 is 33.9. The summed E-state index contributed by atoms with van der Waals surface area (Å²) in [6.45, 7) is 3.17. The standard InChI is InChI=1S/C19H11FN4O2.C17H8ClFN2O2.C2H6N2O/c1-12-22-18(26-23-12)16-11-21-17-10-14(7-8-24(17)19(16)25)6-5-13-3-2-4-15(20)9-13;18-16(22)14-10-20-15-9-12(6-7-21(15)17(14)23)5-4-11-2-1-3-13(19)8-11;1-2(3)4-5/h2-4,7-11H,1H3;1-3,6-10H;5H,1H3,(H2,3,4). The predicted molar refractivity (Wildman–Crippen MR) is 195 cm³/mol. The molecule has 2 aromatic carbocycles. The van der Waals surface area contributed by atoms with Crippen LogP contribution >= 0.6 is 11.6 Å². The third-order valence-electron chi connectivity index (χ3n) is 6.90. The van der Waals surface area contributed by atoms with Gasteiger partial charge in [-0.1, -0.05) is 46.1 Å². The van der Waals surface area contributed by atoms with E-state index >= 15 is 0 Å². The number of hydrogen-bond donors (Lipinski definition) is 2. The van der Waals surface area contributed by atoms with Crippen LogP contribution in [0.4, 0.5) is 8.78 Å². The van der Waals surface area contributed by atoms with Crippen molar-refractivity contribution in [3.63, 3.8) is 0 Å². The van der Waals surface area contributed by atoms with E-state index in [-0.39, 0.29) is 40.0 Å². The Balaban J connectivity index is 0.000000186. The molecule has 0 fully saturated rings. The number of pyridine rings is 2. The number of carbonyl (C=O) groups is 1. The van der Waals surface area contributed by atoms with Crippen molar-refractivity contribution in [1.82, 2.24) is 28.9 Å². The fourth-order valence-corrected chi connectivity index (χ4v) is 4.54. The minimum Gasteiger partial charge on any atom is -0.409 e. The second kappa shape index (κ2) is 17.1. The number of halogens is 3. The molecule has 0 amide bonds. The molecule has 5 aromatic heterocycles. The maximum Gasteiger partial charge on any atom is 0.270 e. The zero-order valence-corrected chi connectivity index (χ0v) is 28.9. The zero-order chi connectivity index (χ0) is 38.8. The van der Waals surface area contributed by atoms with Crippen molar-refractivity contribution in [2.45, 2.75) is 13.8 Å². The van der Waals surface area contributed by atoms with E-state index in [9.17, 15) is 23.2 Å². The Bertz CT molecular complexity index is 2810. The van der Waals surface area contributed by atoms with Gasteiger partial charge in [0.1, 0.15) is 39.9 Å². The SMILES string of the molecule is C/C(N)=N\O.Cc1noc(-c2cnc3cc(C#Cc4cccc(F)c4)ccn3c2=O)n1.O=C(Cl)c1cnc2cc(C#Cc3cccc(F)c3)ccn2c1=O. The number of oxime groups is 1. The number of aromatic nitrogens is 6. The molecule has 0 atom stereocenters. The lowest BCUT2D eigenvalue weighted by Gasteiger charge is -2.01. The summed E-state index contributed by atoms with van der Waals surface area (Å²) in [7, 11) is 0. The smallest absolute Gasteiger partial charge is 0.270 e. The molecule has 0 aliphatic rings. The maximum absolute atomic E-state index is 13.2. The van der Waals surface area contributed by atoms with E-state index in [1.807, 2.05) is 0 Å². The molecule has 0 unspecified atom stereocenters. The number of amidine groups is 1. The summed E-state index contributed by atoms with van der Waals surface area (Å²) >= 11 is 5.33. The summed E-state index contributed by atoms with van der Waals surface area (Å²) in [6, 6.07) is 18.5. The Labute approximate surface area is 309 Å². The molecule has 0 saturated heterocycles. The summed E-state index contributed by atoms with van der Waals surface area (Å²) in [6.07, 6.45) is 5.57. The van der Waals surface area contributed by atoms with E-state index in [0.717, 1.165) is 6.20 Å². The Morgan fingerprint density at radius 1 is 0.815 bits per heavy atom. The van der Waals surface area contributed by atoms with Gasteiger partial charge in [-0.25, -0.2) is 18.7 Å². The van der Waals surface area contributed by atoms with Crippen LogP contribution in [0.3, 0.4) is 0 Å². The summed E-state index contributed by atoms with van der Waals surface area (Å²) in [5.74, 6) is 11.6. The summed E-state index contributed by atoms with van der Waals surface area (Å²) in [5, 5.41) is 13.0. The van der Waals surface area contributed by atoms with Crippen LogP contribution in [0.15, 0.2) is 117 Å². The van der Waals surface area contributed by atoms with Gasteiger partial charge >= 0.3 is 0 Å². The fraction of sp³-hybridized carbons (Fsp3) is 0.0526. The molecule has 0 saturated carbocycles. The Morgan fingerprint density at radius 3 is 1.74 bits per heavy atom. The van der Waals surface area contributed by atoms with Crippen LogP contribution in [-0.2, 0) is 0 Å². The molecular weight excluding hydrogens is 722 g/mol. The highest BCUT2D eigenvalue weighted by Crippen LogP contribution is 2.13. The average Bonchev–Trinajstić information content (AvgIpc) is 3.59. The number of fused-ring (bicyclic) bond motifs is 2. The number of rotatable bonds is 2. The minimum atomic E-state index is -0.855. The van der Waals surface area contributed by atoms with E-state index in [4.69, 9.17) is 27.1 Å². The Kier molecular flexibility index (Phi) is 12.0. The van der Waals surface area contributed by atoms with Crippen LogP contribution in [0.2, 0.25) is 0 Å². The number of aryl methyl sites for hydroxylation is 1. The Hall–Kier alpha value is -7.49. The highest BCUT2D eigenvalue weighted by Gasteiger charge is 2.14. The predicted octanol–water partition coefficient (Wildman–Crippen LogP) is 4.96. The van der Waals surface area contributed by atoms with Crippen molar-refractivity contribution in [3.05, 3.63) is 164 Å². The molecule has 3 N–H and O–H groups in total. The third-order valence-corrected chi connectivity index (χ3v) is 7.10. The molecule has 5 heterocycles. The fourth-order valence-electron chi connectivity index (χ4n) is 4.41. The second-order valence-electron chi connectivity index (χ2n) is 10.9. The molecule has 16 heteroatoms. The van der Waals surface area contributed by atoms with E-state index in [1.165, 1.54) is 52.4 Å². The van der Waals surface area contributed by atoms with E-state index in [2.05, 4.69) is 48.9 Å². The molecule has 0 bridgehead atoms. The van der Waals surface area contributed by atoms with Crippen LogP contribution < -0.4 is 16.9 Å². The largest absolute Gasteiger partial charge is 0.409 e. The third kappa shape index (κ3) is 9.64. The normalized spacial score (nSPS) is 10.5. The van der Waals surface area contributed by atoms with Crippen LogP contribution in [-0.4, -0.2) is 45.2 Å². The lowest BCUT2D eigenvalue weighted by atomic mass is 10.2. The molecule has 0 radical (unpaired) electrons. The van der Waals surface area contributed by atoms with Crippen LogP contribution in [0.1, 0.15) is 45.4 Å². The number of nitrogens with two attached hydrogens (primary N) is 1. The van der Waals surface area contributed by atoms with Gasteiger partial charge in [0.25, 0.3) is 22.3 Å². The minimum absolute atomic E-state index is 0.129. The first-order chi connectivity index (χ1) is 25.9. The monoisotopic (exact) mass is 746 g/mol. The van der Waals surface area contributed by atoms with Gasteiger partial charge in [-0.05, 0) is 86.1 Å². The average molecular weight is 747 g/mol. The van der Waals surface area contributed by atoms with Gasteiger partial charge in [0, 0.05) is 47.0 Å². The zero-order valence-electron chi connectivity index (χ0n) is 28.2. The van der Waals surface area contributed by atoms with E-state index in [0.29, 0.717) is 39.4 Å². The topological polar surface area (TPSA) is 183 Å². The molecule has 13 nitrogen and oxygen atoms in total. The number of nitrogens with zero attached hydrogens (tertiary/aromatic N) is 7. The van der Waals surface area contributed by atoms with Crippen molar-refractivity contribution in [2.24, 2.45) is 10.9 Å². The van der Waals surface area contributed by atoms with Crippen LogP contribution in [0.5, 0.6) is 0 Å². The molecule has 7 rings (SSSR count). The quantitative estimate of drug-likeness (QED) is 0.0613. The molecule has 0 aliphatic heterocycles. The van der Waals surface area contributed by atoms with Crippen molar-refractivity contribution in [2.75, 3.05) is 0 Å². The van der Waals surface area contributed by atoms with Crippen molar-refractivity contribution < 1.29 is 23.3 Å². The molecular formula is C38H25ClF2N8O5. The van der Waals surface area contributed by atoms with Gasteiger partial charge in [0.05, 0.1) is 0 Å². The molecule has 0 spiro atoms. The highest BCUT2D eigenvalue weighted by atomic mass is 35.5. The number of carbonyl (C=O) groups excluding carboxylic acids is 1. The van der Waals surface area contributed by atoms with Crippen molar-refractivity contribution >= 4 is 34.0 Å². The lowest BCUT2D eigenvalue weighted by Crippen LogP contribution is -2.20. The van der Waals surface area contributed by atoms with E-state index in [1.54, 1.807) is 61.7 Å². The van der Waals surface area contributed by atoms with Gasteiger partial charge in [-0.3, -0.25) is 23.2 Å². The molecule has 7 aromatic rings. The lowest BCUT2D eigenvalue weighted by molar-refractivity contribution is 0.107. The van der Waals surface area contributed by atoms with Crippen LogP contribution in [0.25, 0.3) is 22.7 Å². The van der Waals surface area contributed by atoms with Crippen LogP contribution in [0, 0.1) is 42.2 Å². The van der Waals surface area contributed by atoms with Gasteiger partial charge < -0.3 is 15.5 Å². The van der Waals surface area contributed by atoms with E-state index < -0.39 is 10.8 Å². The molecule has 0 aliphatic carbocycles. The van der Waals surface area contributed by atoms with Crippen molar-refractivity contribution in [3.8, 4) is 35.1 Å². The number of hydrogen-bond acceptors (Lipinski definition) is 10. The first kappa shape index (κ1) is 37.8. The van der Waals surface area contributed by atoms with Gasteiger partial charge in [-0.2, -0.15) is 4.98 Å². The second-order valence-corrected chi connectivity index (χ2v) is 11.3. The summed E-state index contributed by atoms with van der Waals surface area (Å²) in [4.78, 5) is 48.1. The maximum atomic E-state index is 13.2. The van der Waals surface area contributed by atoms with Gasteiger partial charge in [0.15, 0.2) is 5.82 Å².